The Hall–Kier alpha value is -0.980. The van der Waals surface area contributed by atoms with Crippen molar-refractivity contribution >= 4 is 27.5 Å². The van der Waals surface area contributed by atoms with E-state index in [1.165, 1.54) is 6.07 Å². The molecule has 1 aromatic rings. The molecule has 1 saturated heterocycles. The van der Waals surface area contributed by atoms with Crippen molar-refractivity contribution in [1.82, 2.24) is 5.32 Å². The second kappa shape index (κ2) is 7.71. The molecule has 1 aliphatic heterocycles. The minimum atomic E-state index is -0.444. The zero-order chi connectivity index (χ0) is 14.4. The highest BCUT2D eigenvalue weighted by molar-refractivity contribution is 9.10. The summed E-state index contributed by atoms with van der Waals surface area (Å²) < 4.78 is 19.8. The number of hydrogen-bond acceptors (Lipinski definition) is 3. The highest BCUT2D eigenvalue weighted by atomic mass is 79.9. The summed E-state index contributed by atoms with van der Waals surface area (Å²) in [5.41, 5.74) is 0.186. The fourth-order valence-corrected chi connectivity index (χ4v) is 2.45. The van der Waals surface area contributed by atoms with Gasteiger partial charge in [0.15, 0.2) is 0 Å². The average Bonchev–Trinajstić information content (AvgIpc) is 2.44. The molecular weight excluding hydrogens is 327 g/mol. The van der Waals surface area contributed by atoms with E-state index in [9.17, 15) is 9.18 Å². The molecule has 1 heterocycles. The van der Waals surface area contributed by atoms with Crippen LogP contribution in [0.25, 0.3) is 0 Å². The van der Waals surface area contributed by atoms with Crippen LogP contribution in [0.4, 0.5) is 10.1 Å². The fraction of sp³-hybridized carbons (Fsp3) is 0.500. The Labute approximate surface area is 126 Å². The maximum Gasteiger partial charge on any atom is 0.226 e. The highest BCUT2D eigenvalue weighted by Gasteiger charge is 2.14. The van der Waals surface area contributed by atoms with E-state index in [2.05, 4.69) is 26.6 Å². The Balaban J connectivity index is 1.73. The van der Waals surface area contributed by atoms with E-state index in [1.807, 2.05) is 0 Å². The molecule has 0 spiro atoms. The smallest absolute Gasteiger partial charge is 0.226 e. The van der Waals surface area contributed by atoms with Gasteiger partial charge in [-0.05, 0) is 44.1 Å². The number of rotatable bonds is 5. The van der Waals surface area contributed by atoms with Gasteiger partial charge in [0.05, 0.1) is 24.8 Å². The van der Waals surface area contributed by atoms with Gasteiger partial charge in [0, 0.05) is 4.47 Å². The lowest BCUT2D eigenvalue weighted by Crippen LogP contribution is -2.33. The monoisotopic (exact) mass is 344 g/mol. The summed E-state index contributed by atoms with van der Waals surface area (Å²) in [6, 6.07) is 4.44. The number of anilines is 1. The third-order valence-electron chi connectivity index (χ3n) is 3.17. The summed E-state index contributed by atoms with van der Waals surface area (Å²) in [6.07, 6.45) is 2.41. The van der Waals surface area contributed by atoms with E-state index in [4.69, 9.17) is 4.74 Å². The molecule has 2 N–H and O–H groups in total. The Morgan fingerprint density at radius 3 is 2.95 bits per heavy atom. The van der Waals surface area contributed by atoms with Gasteiger partial charge in [-0.25, -0.2) is 4.39 Å². The maximum atomic E-state index is 13.5. The van der Waals surface area contributed by atoms with Gasteiger partial charge >= 0.3 is 0 Å². The summed E-state index contributed by atoms with van der Waals surface area (Å²) in [7, 11) is 0. The summed E-state index contributed by atoms with van der Waals surface area (Å²) in [6.45, 7) is 2.28. The Morgan fingerprint density at radius 2 is 2.20 bits per heavy atom. The van der Waals surface area contributed by atoms with E-state index >= 15 is 0 Å². The molecule has 2 rings (SSSR count). The Kier molecular flexibility index (Phi) is 5.94. The van der Waals surface area contributed by atoms with Crippen molar-refractivity contribution in [3.8, 4) is 0 Å². The Bertz CT molecular complexity index is 464. The number of benzene rings is 1. The topological polar surface area (TPSA) is 50.4 Å². The van der Waals surface area contributed by atoms with Crippen molar-refractivity contribution in [2.75, 3.05) is 25.0 Å². The van der Waals surface area contributed by atoms with Crippen LogP contribution in [0.15, 0.2) is 22.7 Å². The first-order valence-corrected chi connectivity index (χ1v) is 7.51. The molecule has 0 unspecified atom stereocenters. The zero-order valence-electron chi connectivity index (χ0n) is 11.1. The van der Waals surface area contributed by atoms with Crippen molar-refractivity contribution in [1.29, 1.82) is 0 Å². The maximum absolute atomic E-state index is 13.5. The lowest BCUT2D eigenvalue weighted by Gasteiger charge is -2.22. The van der Waals surface area contributed by atoms with Crippen LogP contribution in [0.1, 0.15) is 19.3 Å². The molecule has 0 aliphatic carbocycles. The lowest BCUT2D eigenvalue weighted by molar-refractivity contribution is -0.117. The number of halogens is 2. The third kappa shape index (κ3) is 4.85. The Morgan fingerprint density at radius 1 is 1.45 bits per heavy atom. The molecule has 4 nitrogen and oxygen atoms in total. The molecule has 0 atom stereocenters. The van der Waals surface area contributed by atoms with Gasteiger partial charge in [-0.15, -0.1) is 0 Å². The third-order valence-corrected chi connectivity index (χ3v) is 3.66. The number of hydrogen-bond donors (Lipinski definition) is 2. The zero-order valence-corrected chi connectivity index (χ0v) is 12.7. The SMILES string of the molecule is O=C(CCOC1CCNCC1)Nc1cc(Br)ccc1F. The number of piperidine rings is 1. The second-order valence-electron chi connectivity index (χ2n) is 4.74. The minimum absolute atomic E-state index is 0.186. The minimum Gasteiger partial charge on any atom is -0.378 e. The molecule has 1 aliphatic rings. The van der Waals surface area contributed by atoms with Crippen molar-refractivity contribution < 1.29 is 13.9 Å². The van der Waals surface area contributed by atoms with Gasteiger partial charge < -0.3 is 15.4 Å². The number of ether oxygens (including phenoxy) is 1. The van der Waals surface area contributed by atoms with Gasteiger partial charge in [-0.3, -0.25) is 4.79 Å². The van der Waals surface area contributed by atoms with Gasteiger partial charge in [0.25, 0.3) is 0 Å². The molecule has 0 aromatic heterocycles. The first-order chi connectivity index (χ1) is 9.65. The van der Waals surface area contributed by atoms with E-state index in [0.29, 0.717) is 6.61 Å². The van der Waals surface area contributed by atoms with Gasteiger partial charge in [-0.2, -0.15) is 0 Å². The molecule has 110 valence electrons. The van der Waals surface area contributed by atoms with E-state index < -0.39 is 5.82 Å². The van der Waals surface area contributed by atoms with Crippen LogP contribution in [0.3, 0.4) is 0 Å². The second-order valence-corrected chi connectivity index (χ2v) is 5.66. The quantitative estimate of drug-likeness (QED) is 0.863. The van der Waals surface area contributed by atoms with E-state index in [0.717, 1.165) is 30.4 Å². The number of amides is 1. The van der Waals surface area contributed by atoms with Crippen LogP contribution >= 0.6 is 15.9 Å². The first-order valence-electron chi connectivity index (χ1n) is 6.72. The van der Waals surface area contributed by atoms with Gasteiger partial charge in [-0.1, -0.05) is 15.9 Å². The molecular formula is C14H18BrFN2O2. The molecule has 0 saturated carbocycles. The number of nitrogens with one attached hydrogen (secondary N) is 2. The number of carbonyl (C=O) groups excluding carboxylic acids is 1. The largest absolute Gasteiger partial charge is 0.378 e. The van der Waals surface area contributed by atoms with E-state index in [1.54, 1.807) is 12.1 Å². The van der Waals surface area contributed by atoms with Crippen LogP contribution in [-0.2, 0) is 9.53 Å². The van der Waals surface area contributed by atoms with Gasteiger partial charge in [0.1, 0.15) is 5.82 Å². The number of carbonyl (C=O) groups is 1. The first kappa shape index (κ1) is 15.4. The highest BCUT2D eigenvalue weighted by Crippen LogP contribution is 2.20. The summed E-state index contributed by atoms with van der Waals surface area (Å²) in [4.78, 5) is 11.7. The molecule has 1 aromatic carbocycles. The molecule has 0 radical (unpaired) electrons. The van der Waals surface area contributed by atoms with Crippen molar-refractivity contribution in [3.63, 3.8) is 0 Å². The standard InChI is InChI=1S/C14H18BrFN2O2/c15-10-1-2-12(16)13(9-10)18-14(19)5-8-20-11-3-6-17-7-4-11/h1-2,9,11,17H,3-8H2,(H,18,19). The van der Waals surface area contributed by atoms with Crippen molar-refractivity contribution in [3.05, 3.63) is 28.5 Å². The lowest BCUT2D eigenvalue weighted by atomic mass is 10.1. The van der Waals surface area contributed by atoms with Crippen LogP contribution < -0.4 is 10.6 Å². The van der Waals surface area contributed by atoms with Crippen LogP contribution in [0.5, 0.6) is 0 Å². The van der Waals surface area contributed by atoms with Crippen LogP contribution in [-0.4, -0.2) is 31.7 Å². The van der Waals surface area contributed by atoms with Crippen LogP contribution in [0.2, 0.25) is 0 Å². The normalized spacial score (nSPS) is 16.1. The van der Waals surface area contributed by atoms with Gasteiger partial charge in [0.2, 0.25) is 5.91 Å². The summed E-state index contributed by atoms with van der Waals surface area (Å²) in [5, 5.41) is 5.81. The predicted molar refractivity (Wildman–Crippen MR) is 79.2 cm³/mol. The molecule has 0 bridgehead atoms. The predicted octanol–water partition coefficient (Wildman–Crippen LogP) is 2.69. The fourth-order valence-electron chi connectivity index (χ4n) is 2.09. The average molecular weight is 345 g/mol. The van der Waals surface area contributed by atoms with Crippen molar-refractivity contribution in [2.24, 2.45) is 0 Å². The molecule has 1 amide bonds. The molecule has 20 heavy (non-hydrogen) atoms. The molecule has 6 heteroatoms. The summed E-state index contributed by atoms with van der Waals surface area (Å²) >= 11 is 3.24. The molecule has 1 fully saturated rings. The summed E-state index contributed by atoms with van der Waals surface area (Å²) in [5.74, 6) is -0.684. The van der Waals surface area contributed by atoms with Crippen molar-refractivity contribution in [2.45, 2.75) is 25.4 Å². The van der Waals surface area contributed by atoms with Crippen LogP contribution in [0, 0.1) is 5.82 Å². The van der Waals surface area contributed by atoms with E-state index in [-0.39, 0.29) is 24.1 Å².